The number of anilines is 1. The number of hydrogen-bond acceptors (Lipinski definition) is 1. The summed E-state index contributed by atoms with van der Waals surface area (Å²) in [6, 6.07) is 13.6. The molecule has 96 valence electrons. The molecule has 2 aromatic carbocycles. The summed E-state index contributed by atoms with van der Waals surface area (Å²) in [4.78, 5) is 0. The summed E-state index contributed by atoms with van der Waals surface area (Å²) in [5.74, 6) is 0. The van der Waals surface area contributed by atoms with E-state index in [1.165, 1.54) is 0 Å². The van der Waals surface area contributed by atoms with Crippen molar-refractivity contribution in [2.75, 3.05) is 5.73 Å². The van der Waals surface area contributed by atoms with E-state index in [2.05, 4.69) is 4.57 Å². The van der Waals surface area contributed by atoms with Crippen LogP contribution in [0, 0.1) is 0 Å². The van der Waals surface area contributed by atoms with Gasteiger partial charge in [0.25, 0.3) is 0 Å². The number of rotatable bonds is 2. The van der Waals surface area contributed by atoms with E-state index in [1.54, 1.807) is 6.07 Å². The zero-order valence-corrected chi connectivity index (χ0v) is 11.6. The van der Waals surface area contributed by atoms with Gasteiger partial charge in [-0.25, -0.2) is 0 Å². The summed E-state index contributed by atoms with van der Waals surface area (Å²) >= 11 is 12.1. The molecule has 0 bridgehead atoms. The van der Waals surface area contributed by atoms with Crippen molar-refractivity contribution in [1.82, 2.24) is 4.57 Å². The van der Waals surface area contributed by atoms with E-state index in [-0.39, 0.29) is 0 Å². The third-order valence-electron chi connectivity index (χ3n) is 3.19. The van der Waals surface area contributed by atoms with Gasteiger partial charge in [-0.15, -0.1) is 0 Å². The second-order valence-electron chi connectivity index (χ2n) is 4.47. The van der Waals surface area contributed by atoms with Crippen molar-refractivity contribution in [3.63, 3.8) is 0 Å². The summed E-state index contributed by atoms with van der Waals surface area (Å²) in [6.07, 6.45) is 1.93. The molecule has 0 amide bonds. The van der Waals surface area contributed by atoms with Crippen LogP contribution in [0.3, 0.4) is 0 Å². The number of benzene rings is 2. The molecule has 0 fully saturated rings. The molecule has 0 radical (unpaired) electrons. The SMILES string of the molecule is Nc1cc(Cl)ccc1Cn1cc(Cl)c2ccccc21. The zero-order chi connectivity index (χ0) is 13.4. The van der Waals surface area contributed by atoms with Crippen LogP contribution < -0.4 is 5.73 Å². The third kappa shape index (κ3) is 2.29. The number of nitrogens with two attached hydrogens (primary N) is 1. The molecule has 2 N–H and O–H groups in total. The Balaban J connectivity index is 2.06. The van der Waals surface area contributed by atoms with E-state index in [1.807, 2.05) is 42.6 Å². The van der Waals surface area contributed by atoms with Crippen LogP contribution in [0.5, 0.6) is 0 Å². The Bertz CT molecular complexity index is 747. The van der Waals surface area contributed by atoms with Gasteiger partial charge in [0.15, 0.2) is 0 Å². The van der Waals surface area contributed by atoms with Crippen molar-refractivity contribution < 1.29 is 0 Å². The number of aromatic nitrogens is 1. The highest BCUT2D eigenvalue weighted by molar-refractivity contribution is 6.35. The van der Waals surface area contributed by atoms with Crippen LogP contribution in [0.25, 0.3) is 10.9 Å². The molecule has 0 saturated carbocycles. The Kier molecular flexibility index (Phi) is 3.13. The fourth-order valence-electron chi connectivity index (χ4n) is 2.23. The van der Waals surface area contributed by atoms with Crippen molar-refractivity contribution in [3.8, 4) is 0 Å². The first kappa shape index (κ1) is 12.4. The third-order valence-corrected chi connectivity index (χ3v) is 3.72. The zero-order valence-electron chi connectivity index (χ0n) is 10.1. The van der Waals surface area contributed by atoms with Crippen LogP contribution in [0.15, 0.2) is 48.7 Å². The van der Waals surface area contributed by atoms with Gasteiger partial charge in [0.1, 0.15) is 0 Å². The van der Waals surface area contributed by atoms with Gasteiger partial charge in [0.05, 0.1) is 5.02 Å². The minimum Gasteiger partial charge on any atom is -0.398 e. The normalized spacial score (nSPS) is 11.1. The van der Waals surface area contributed by atoms with E-state index >= 15 is 0 Å². The van der Waals surface area contributed by atoms with Crippen molar-refractivity contribution in [1.29, 1.82) is 0 Å². The van der Waals surface area contributed by atoms with Gasteiger partial charge in [-0.3, -0.25) is 0 Å². The van der Waals surface area contributed by atoms with Crippen LogP contribution in [-0.2, 0) is 6.54 Å². The molecule has 3 aromatic rings. The number of nitrogens with zero attached hydrogens (tertiary/aromatic N) is 1. The van der Waals surface area contributed by atoms with Gasteiger partial charge in [-0.2, -0.15) is 0 Å². The van der Waals surface area contributed by atoms with Gasteiger partial charge in [-0.05, 0) is 23.8 Å². The lowest BCUT2D eigenvalue weighted by Crippen LogP contribution is -2.01. The molecule has 19 heavy (non-hydrogen) atoms. The van der Waals surface area contributed by atoms with E-state index in [4.69, 9.17) is 28.9 Å². The summed E-state index contributed by atoms with van der Waals surface area (Å²) in [7, 11) is 0. The molecule has 0 saturated heterocycles. The van der Waals surface area contributed by atoms with Crippen LogP contribution in [-0.4, -0.2) is 4.57 Å². The number of para-hydroxylation sites is 1. The fraction of sp³-hybridized carbons (Fsp3) is 0.0667. The van der Waals surface area contributed by atoms with E-state index < -0.39 is 0 Å². The molecule has 0 atom stereocenters. The number of halogens is 2. The topological polar surface area (TPSA) is 30.9 Å². The van der Waals surface area contributed by atoms with E-state index in [0.29, 0.717) is 17.3 Å². The molecule has 0 unspecified atom stereocenters. The molecule has 1 aromatic heterocycles. The number of hydrogen-bond donors (Lipinski definition) is 1. The number of fused-ring (bicyclic) bond motifs is 1. The average Bonchev–Trinajstić information content (AvgIpc) is 2.71. The van der Waals surface area contributed by atoms with Crippen LogP contribution in [0.1, 0.15) is 5.56 Å². The van der Waals surface area contributed by atoms with Crippen molar-refractivity contribution in [2.24, 2.45) is 0 Å². The van der Waals surface area contributed by atoms with Gasteiger partial charge in [-0.1, -0.05) is 47.5 Å². The molecule has 2 nitrogen and oxygen atoms in total. The Hall–Kier alpha value is -1.64. The van der Waals surface area contributed by atoms with Gasteiger partial charge in [0, 0.05) is 34.4 Å². The van der Waals surface area contributed by atoms with Crippen molar-refractivity contribution >= 4 is 39.8 Å². The highest BCUT2D eigenvalue weighted by atomic mass is 35.5. The highest BCUT2D eigenvalue weighted by Gasteiger charge is 2.08. The van der Waals surface area contributed by atoms with Gasteiger partial charge >= 0.3 is 0 Å². The van der Waals surface area contributed by atoms with Crippen LogP contribution in [0.2, 0.25) is 10.0 Å². The van der Waals surface area contributed by atoms with Crippen LogP contribution >= 0.6 is 23.2 Å². The minimum atomic E-state index is 0.650. The second kappa shape index (κ2) is 4.80. The number of nitrogen functional groups attached to an aromatic ring is 1. The molecule has 1 heterocycles. The van der Waals surface area contributed by atoms with E-state index in [9.17, 15) is 0 Å². The second-order valence-corrected chi connectivity index (χ2v) is 5.31. The van der Waals surface area contributed by atoms with Gasteiger partial charge < -0.3 is 10.3 Å². The Morgan fingerprint density at radius 3 is 2.63 bits per heavy atom. The molecule has 0 aliphatic heterocycles. The lowest BCUT2D eigenvalue weighted by Gasteiger charge is -2.08. The standard InChI is InChI=1S/C15H12Cl2N2/c16-11-6-5-10(14(18)7-11)8-19-9-13(17)12-3-1-2-4-15(12)19/h1-7,9H,8,18H2. The maximum Gasteiger partial charge on any atom is 0.0661 e. The predicted octanol–water partition coefficient (Wildman–Crippen LogP) is 4.58. The largest absolute Gasteiger partial charge is 0.398 e. The highest BCUT2D eigenvalue weighted by Crippen LogP contribution is 2.27. The summed E-state index contributed by atoms with van der Waals surface area (Å²) in [5.41, 5.74) is 8.81. The Morgan fingerprint density at radius 1 is 1.05 bits per heavy atom. The molecular formula is C15H12Cl2N2. The maximum absolute atomic E-state index is 6.24. The fourth-order valence-corrected chi connectivity index (χ4v) is 2.68. The molecular weight excluding hydrogens is 279 g/mol. The lowest BCUT2D eigenvalue weighted by molar-refractivity contribution is 0.839. The first-order valence-electron chi connectivity index (χ1n) is 5.92. The first-order valence-corrected chi connectivity index (χ1v) is 6.68. The van der Waals surface area contributed by atoms with Gasteiger partial charge in [0.2, 0.25) is 0 Å². The van der Waals surface area contributed by atoms with Crippen LogP contribution in [0.4, 0.5) is 5.69 Å². The summed E-state index contributed by atoms with van der Waals surface area (Å²) in [6.45, 7) is 0.677. The predicted molar refractivity (Wildman–Crippen MR) is 81.9 cm³/mol. The minimum absolute atomic E-state index is 0.650. The smallest absolute Gasteiger partial charge is 0.0661 e. The molecule has 0 aliphatic rings. The first-order chi connectivity index (χ1) is 9.15. The van der Waals surface area contributed by atoms with Crippen molar-refractivity contribution in [3.05, 3.63) is 64.3 Å². The molecule has 3 rings (SSSR count). The maximum atomic E-state index is 6.24. The molecule has 0 spiro atoms. The quantitative estimate of drug-likeness (QED) is 0.688. The molecule has 0 aliphatic carbocycles. The average molecular weight is 291 g/mol. The Labute approximate surface area is 121 Å². The summed E-state index contributed by atoms with van der Waals surface area (Å²) < 4.78 is 2.09. The van der Waals surface area contributed by atoms with E-state index in [0.717, 1.165) is 21.5 Å². The lowest BCUT2D eigenvalue weighted by atomic mass is 10.2. The molecule has 4 heteroatoms. The van der Waals surface area contributed by atoms with Crippen molar-refractivity contribution in [2.45, 2.75) is 6.54 Å². The Morgan fingerprint density at radius 2 is 1.84 bits per heavy atom. The monoisotopic (exact) mass is 290 g/mol. The summed E-state index contributed by atoms with van der Waals surface area (Å²) in [5, 5.41) is 2.46.